The highest BCUT2D eigenvalue weighted by Gasteiger charge is 2.77. The third kappa shape index (κ3) is 1.64. The third-order valence-electron chi connectivity index (χ3n) is 6.78. The number of Topliss-reactive ketones (excluding diaryl/α,β-unsaturated/α-hetero) is 2. The van der Waals surface area contributed by atoms with E-state index in [1.54, 1.807) is 0 Å². The molecule has 4 heteroatoms. The van der Waals surface area contributed by atoms with Crippen molar-refractivity contribution < 1.29 is 14.4 Å². The van der Waals surface area contributed by atoms with Gasteiger partial charge >= 0.3 is 0 Å². The maximum atomic E-state index is 13.1. The lowest BCUT2D eigenvalue weighted by Gasteiger charge is -2.37. The van der Waals surface area contributed by atoms with Gasteiger partial charge in [0.1, 0.15) is 5.41 Å². The Morgan fingerprint density at radius 3 is 2.26 bits per heavy atom. The van der Waals surface area contributed by atoms with Crippen LogP contribution in [0.4, 0.5) is 5.69 Å². The lowest BCUT2D eigenvalue weighted by atomic mass is 9.64. The average Bonchev–Trinajstić information content (AvgIpc) is 2.76. The third-order valence-corrected chi connectivity index (χ3v) is 6.78. The van der Waals surface area contributed by atoms with Crippen LogP contribution >= 0.6 is 0 Å². The minimum atomic E-state index is -1.24. The number of ketones is 2. The number of carbonyl (C=O) groups is 3. The van der Waals surface area contributed by atoms with Crippen LogP contribution in [-0.4, -0.2) is 17.5 Å². The highest BCUT2D eigenvalue weighted by atomic mass is 16.2. The molecule has 1 amide bonds. The molecular weight excluding hydrogens is 290 g/mol. The van der Waals surface area contributed by atoms with E-state index >= 15 is 0 Å². The van der Waals surface area contributed by atoms with Crippen LogP contribution in [-0.2, 0) is 14.4 Å². The SMILES string of the molecule is Cc1cccc(NC(=O)[C@]23CC[C@@](C)(C(=O)C2=O)C3(C)C)c1C. The summed E-state index contributed by atoms with van der Waals surface area (Å²) in [7, 11) is 0. The van der Waals surface area contributed by atoms with E-state index < -0.39 is 22.0 Å². The summed E-state index contributed by atoms with van der Waals surface area (Å²) >= 11 is 0. The fourth-order valence-electron chi connectivity index (χ4n) is 4.39. The van der Waals surface area contributed by atoms with Gasteiger partial charge in [-0.3, -0.25) is 14.4 Å². The Morgan fingerprint density at radius 1 is 1.04 bits per heavy atom. The van der Waals surface area contributed by atoms with Crippen molar-refractivity contribution in [3.63, 3.8) is 0 Å². The summed E-state index contributed by atoms with van der Waals surface area (Å²) < 4.78 is 0. The molecule has 0 spiro atoms. The van der Waals surface area contributed by atoms with Crippen LogP contribution in [0.15, 0.2) is 18.2 Å². The molecule has 0 aliphatic heterocycles. The number of hydrogen-bond acceptors (Lipinski definition) is 3. The summed E-state index contributed by atoms with van der Waals surface area (Å²) in [6.45, 7) is 9.50. The first-order valence-corrected chi connectivity index (χ1v) is 8.06. The van der Waals surface area contributed by atoms with Gasteiger partial charge in [-0.2, -0.15) is 0 Å². The molecule has 2 aliphatic carbocycles. The molecule has 2 saturated carbocycles. The second-order valence-electron chi connectivity index (χ2n) is 7.72. The van der Waals surface area contributed by atoms with Crippen LogP contribution in [0, 0.1) is 30.1 Å². The first-order valence-electron chi connectivity index (χ1n) is 8.06. The smallest absolute Gasteiger partial charge is 0.239 e. The normalized spacial score (nSPS) is 31.5. The van der Waals surface area contributed by atoms with Gasteiger partial charge in [0.05, 0.1) is 0 Å². The van der Waals surface area contributed by atoms with E-state index in [0.29, 0.717) is 18.5 Å². The largest absolute Gasteiger partial charge is 0.325 e. The molecule has 2 bridgehead atoms. The maximum absolute atomic E-state index is 13.1. The van der Waals surface area contributed by atoms with E-state index in [4.69, 9.17) is 0 Å². The molecule has 2 aliphatic rings. The van der Waals surface area contributed by atoms with Gasteiger partial charge in [0.2, 0.25) is 17.5 Å². The van der Waals surface area contributed by atoms with Gasteiger partial charge in [0.25, 0.3) is 0 Å². The van der Waals surface area contributed by atoms with Crippen LogP contribution in [0.1, 0.15) is 44.7 Å². The maximum Gasteiger partial charge on any atom is 0.239 e. The number of fused-ring (bicyclic) bond motifs is 2. The summed E-state index contributed by atoms with van der Waals surface area (Å²) in [5, 5.41) is 2.92. The van der Waals surface area contributed by atoms with Gasteiger partial charge in [-0.15, -0.1) is 0 Å². The van der Waals surface area contributed by atoms with Crippen molar-refractivity contribution in [3.05, 3.63) is 29.3 Å². The van der Waals surface area contributed by atoms with Gasteiger partial charge in [-0.25, -0.2) is 0 Å². The predicted molar refractivity (Wildman–Crippen MR) is 88.1 cm³/mol. The molecule has 2 fully saturated rings. The molecule has 1 aromatic rings. The van der Waals surface area contributed by atoms with Gasteiger partial charge < -0.3 is 5.32 Å². The molecule has 0 heterocycles. The van der Waals surface area contributed by atoms with Crippen LogP contribution < -0.4 is 5.32 Å². The molecule has 23 heavy (non-hydrogen) atoms. The monoisotopic (exact) mass is 313 g/mol. The average molecular weight is 313 g/mol. The molecule has 2 atom stereocenters. The first kappa shape index (κ1) is 15.9. The van der Waals surface area contributed by atoms with E-state index in [2.05, 4.69) is 5.32 Å². The second-order valence-corrected chi connectivity index (χ2v) is 7.72. The van der Waals surface area contributed by atoms with Crippen LogP contribution in [0.25, 0.3) is 0 Å². The summed E-state index contributed by atoms with van der Waals surface area (Å²) in [6.07, 6.45) is 1.03. The molecule has 0 radical (unpaired) electrons. The van der Waals surface area contributed by atoms with Crippen LogP contribution in [0.3, 0.4) is 0 Å². The molecule has 0 unspecified atom stereocenters. The number of anilines is 1. The molecule has 1 N–H and O–H groups in total. The van der Waals surface area contributed by atoms with Crippen molar-refractivity contribution >= 4 is 23.2 Å². The minimum Gasteiger partial charge on any atom is -0.325 e. The second kappa shape index (κ2) is 4.53. The Morgan fingerprint density at radius 2 is 1.70 bits per heavy atom. The van der Waals surface area contributed by atoms with Crippen LogP contribution in [0.2, 0.25) is 0 Å². The number of aryl methyl sites for hydroxylation is 1. The predicted octanol–water partition coefficient (Wildman–Crippen LogP) is 3.21. The molecule has 3 rings (SSSR count). The molecule has 122 valence electrons. The molecule has 4 nitrogen and oxygen atoms in total. The van der Waals surface area contributed by atoms with Crippen LogP contribution in [0.5, 0.6) is 0 Å². The number of benzene rings is 1. The number of rotatable bonds is 2. The molecular formula is C19H23NO3. The van der Waals surface area contributed by atoms with Crippen molar-refractivity contribution in [1.82, 2.24) is 0 Å². The summed E-state index contributed by atoms with van der Waals surface area (Å²) in [5.41, 5.74) is 0.117. The van der Waals surface area contributed by atoms with E-state index in [1.807, 2.05) is 52.8 Å². The highest BCUT2D eigenvalue weighted by Crippen LogP contribution is 2.69. The van der Waals surface area contributed by atoms with Gasteiger partial charge in [0.15, 0.2) is 0 Å². The molecule has 0 saturated heterocycles. The Hall–Kier alpha value is -1.97. The van der Waals surface area contributed by atoms with E-state index in [-0.39, 0.29) is 11.7 Å². The number of amides is 1. The fourth-order valence-corrected chi connectivity index (χ4v) is 4.39. The Kier molecular flexibility index (Phi) is 3.13. The van der Waals surface area contributed by atoms with Crippen molar-refractivity contribution in [3.8, 4) is 0 Å². The van der Waals surface area contributed by atoms with Crippen molar-refractivity contribution in [2.24, 2.45) is 16.2 Å². The highest BCUT2D eigenvalue weighted by molar-refractivity contribution is 6.49. The summed E-state index contributed by atoms with van der Waals surface area (Å²) in [4.78, 5) is 38.2. The Balaban J connectivity index is 2.04. The van der Waals surface area contributed by atoms with Crippen molar-refractivity contribution in [2.45, 2.75) is 47.5 Å². The van der Waals surface area contributed by atoms with Crippen molar-refractivity contribution in [1.29, 1.82) is 0 Å². The lowest BCUT2D eigenvalue weighted by molar-refractivity contribution is -0.147. The zero-order valence-electron chi connectivity index (χ0n) is 14.4. The van der Waals surface area contributed by atoms with Crippen molar-refractivity contribution in [2.75, 3.05) is 5.32 Å². The first-order chi connectivity index (χ1) is 10.6. The quantitative estimate of drug-likeness (QED) is 0.673. The van der Waals surface area contributed by atoms with E-state index in [1.165, 1.54) is 0 Å². The van der Waals surface area contributed by atoms with Gasteiger partial charge in [0, 0.05) is 11.1 Å². The molecule has 1 aromatic carbocycles. The number of nitrogens with one attached hydrogen (secondary N) is 1. The topological polar surface area (TPSA) is 63.2 Å². The lowest BCUT2D eigenvalue weighted by Crippen LogP contribution is -2.47. The van der Waals surface area contributed by atoms with E-state index in [0.717, 1.165) is 11.1 Å². The number of carbonyl (C=O) groups excluding carboxylic acids is 3. The number of hydrogen-bond donors (Lipinski definition) is 1. The van der Waals surface area contributed by atoms with Gasteiger partial charge in [-0.1, -0.05) is 32.9 Å². The Bertz CT molecular complexity index is 749. The standard InChI is InChI=1S/C19H23NO3/c1-11-7-6-8-13(12(11)2)20-16(23)19-10-9-18(5,17(19,3)4)14(21)15(19)22/h6-8H,9-10H2,1-5H3,(H,20,23)/t18-,19-/m0/s1. The fraction of sp³-hybridized carbons (Fsp3) is 0.526. The minimum absolute atomic E-state index is 0.337. The zero-order valence-corrected chi connectivity index (χ0v) is 14.4. The molecule has 0 aromatic heterocycles. The van der Waals surface area contributed by atoms with Gasteiger partial charge in [-0.05, 0) is 49.3 Å². The Labute approximate surface area is 136 Å². The zero-order chi connectivity index (χ0) is 17.2. The van der Waals surface area contributed by atoms with E-state index in [9.17, 15) is 14.4 Å². The summed E-state index contributed by atoms with van der Waals surface area (Å²) in [5.74, 6) is -1.24. The summed E-state index contributed by atoms with van der Waals surface area (Å²) in [6, 6.07) is 5.69.